The number of fused-ring (bicyclic) bond motifs is 1. The Morgan fingerprint density at radius 1 is 1.20 bits per heavy atom. The minimum atomic E-state index is -0.0889. The summed E-state index contributed by atoms with van der Waals surface area (Å²) in [5.41, 5.74) is 2.77. The highest BCUT2D eigenvalue weighted by atomic mass is 79.9. The fraction of sp³-hybridized carbons (Fsp3) is 0.250. The van der Waals surface area contributed by atoms with Gasteiger partial charge in [-0.25, -0.2) is 0 Å². The van der Waals surface area contributed by atoms with Crippen LogP contribution in [0.2, 0.25) is 0 Å². The molecule has 0 unspecified atom stereocenters. The summed E-state index contributed by atoms with van der Waals surface area (Å²) in [5, 5.41) is 0. The lowest BCUT2D eigenvalue weighted by atomic mass is 10.1. The van der Waals surface area contributed by atoms with Crippen LogP contribution in [0.15, 0.2) is 45.7 Å². The number of halogens is 1. The number of nitrogens with zero attached hydrogens (tertiary/aromatic N) is 1. The fourth-order valence-corrected chi connectivity index (χ4v) is 3.10. The standard InChI is InChI=1S/C16H14BrNO2/c17-13-5-1-4-12(9-13)15(19)10-18-14-6-2-3-11(14)7-8-16(18)20/h1,4-5,7-9H,2-3,6,10H2. The van der Waals surface area contributed by atoms with E-state index in [9.17, 15) is 9.59 Å². The van der Waals surface area contributed by atoms with Crippen LogP contribution in [-0.2, 0) is 19.4 Å². The number of aromatic nitrogens is 1. The zero-order valence-electron chi connectivity index (χ0n) is 10.9. The summed E-state index contributed by atoms with van der Waals surface area (Å²) in [5.74, 6) is -0.0336. The Labute approximate surface area is 125 Å². The molecule has 0 spiro atoms. The summed E-state index contributed by atoms with van der Waals surface area (Å²) >= 11 is 3.36. The fourth-order valence-electron chi connectivity index (χ4n) is 2.70. The van der Waals surface area contributed by atoms with Crippen molar-refractivity contribution in [1.82, 2.24) is 4.57 Å². The molecule has 3 rings (SSSR count). The molecule has 0 saturated heterocycles. The number of aryl methyl sites for hydroxylation is 1. The predicted octanol–water partition coefficient (Wildman–Crippen LogP) is 2.98. The molecule has 3 nitrogen and oxygen atoms in total. The van der Waals surface area contributed by atoms with Crippen molar-refractivity contribution in [2.24, 2.45) is 0 Å². The van der Waals surface area contributed by atoms with Gasteiger partial charge in [-0.05, 0) is 37.0 Å². The predicted molar refractivity (Wildman–Crippen MR) is 81.2 cm³/mol. The summed E-state index contributed by atoms with van der Waals surface area (Å²) in [6.07, 6.45) is 2.95. The Hall–Kier alpha value is -1.68. The second-order valence-corrected chi connectivity index (χ2v) is 5.93. The van der Waals surface area contributed by atoms with Crippen LogP contribution in [0.5, 0.6) is 0 Å². The molecule has 2 aromatic rings. The average Bonchev–Trinajstić information content (AvgIpc) is 2.90. The minimum absolute atomic E-state index is 0.0336. The number of Topliss-reactive ketones (excluding diaryl/α,β-unsaturated/α-hetero) is 1. The monoisotopic (exact) mass is 331 g/mol. The van der Waals surface area contributed by atoms with E-state index in [1.165, 1.54) is 5.56 Å². The SMILES string of the molecule is O=C(Cn1c2c(ccc1=O)CCC2)c1cccc(Br)c1. The summed E-state index contributed by atoms with van der Waals surface area (Å²) in [4.78, 5) is 24.4. The van der Waals surface area contributed by atoms with Crippen LogP contribution in [0.25, 0.3) is 0 Å². The first kappa shape index (κ1) is 13.3. The van der Waals surface area contributed by atoms with Gasteiger partial charge < -0.3 is 4.57 Å². The molecule has 0 amide bonds. The van der Waals surface area contributed by atoms with Gasteiger partial charge in [-0.1, -0.05) is 34.1 Å². The second kappa shape index (κ2) is 5.37. The number of carbonyl (C=O) groups excluding carboxylic acids is 1. The normalized spacial score (nSPS) is 13.2. The maximum absolute atomic E-state index is 12.3. The molecule has 4 heteroatoms. The van der Waals surface area contributed by atoms with Crippen LogP contribution in [0.4, 0.5) is 0 Å². The third kappa shape index (κ3) is 2.48. The molecule has 0 saturated carbocycles. The first-order valence-corrected chi connectivity index (χ1v) is 7.45. The van der Waals surface area contributed by atoms with Crippen LogP contribution in [0, 0.1) is 0 Å². The van der Waals surface area contributed by atoms with Gasteiger partial charge in [-0.3, -0.25) is 9.59 Å². The molecule has 1 aromatic carbocycles. The van der Waals surface area contributed by atoms with Gasteiger partial charge in [0.05, 0.1) is 6.54 Å². The van der Waals surface area contributed by atoms with Gasteiger partial charge >= 0.3 is 0 Å². The third-order valence-electron chi connectivity index (χ3n) is 3.70. The van der Waals surface area contributed by atoms with Crippen LogP contribution < -0.4 is 5.56 Å². The van der Waals surface area contributed by atoms with Gasteiger partial charge in [-0.2, -0.15) is 0 Å². The van der Waals surface area contributed by atoms with Gasteiger partial charge in [0.1, 0.15) is 0 Å². The van der Waals surface area contributed by atoms with Crippen molar-refractivity contribution in [3.63, 3.8) is 0 Å². The van der Waals surface area contributed by atoms with Crippen LogP contribution in [-0.4, -0.2) is 10.4 Å². The first-order chi connectivity index (χ1) is 9.65. The van der Waals surface area contributed by atoms with Crippen molar-refractivity contribution in [1.29, 1.82) is 0 Å². The number of hydrogen-bond donors (Lipinski definition) is 0. The zero-order valence-corrected chi connectivity index (χ0v) is 12.5. The Morgan fingerprint density at radius 3 is 2.85 bits per heavy atom. The molecule has 0 atom stereocenters. The van der Waals surface area contributed by atoms with E-state index in [1.54, 1.807) is 22.8 Å². The van der Waals surface area contributed by atoms with E-state index >= 15 is 0 Å². The van der Waals surface area contributed by atoms with Gasteiger partial charge in [-0.15, -0.1) is 0 Å². The number of carbonyl (C=O) groups is 1. The number of benzene rings is 1. The smallest absolute Gasteiger partial charge is 0.251 e. The maximum Gasteiger partial charge on any atom is 0.251 e. The minimum Gasteiger partial charge on any atom is -0.305 e. The van der Waals surface area contributed by atoms with Crippen molar-refractivity contribution in [3.05, 3.63) is 68.0 Å². The Balaban J connectivity index is 1.94. The molecule has 1 aliphatic rings. The number of rotatable bonds is 3. The quantitative estimate of drug-likeness (QED) is 0.811. The molecular formula is C16H14BrNO2. The highest BCUT2D eigenvalue weighted by Gasteiger charge is 2.18. The zero-order chi connectivity index (χ0) is 14.1. The van der Waals surface area contributed by atoms with Crippen molar-refractivity contribution in [2.75, 3.05) is 0 Å². The molecule has 0 radical (unpaired) electrons. The van der Waals surface area contributed by atoms with Gasteiger partial charge in [0.15, 0.2) is 5.78 Å². The van der Waals surface area contributed by atoms with E-state index in [4.69, 9.17) is 0 Å². The largest absolute Gasteiger partial charge is 0.305 e. The third-order valence-corrected chi connectivity index (χ3v) is 4.19. The average molecular weight is 332 g/mol. The summed E-state index contributed by atoms with van der Waals surface area (Å²) in [6, 6.07) is 10.7. The number of ketones is 1. The van der Waals surface area contributed by atoms with Crippen LogP contribution in [0.3, 0.4) is 0 Å². The maximum atomic E-state index is 12.3. The van der Waals surface area contributed by atoms with E-state index in [2.05, 4.69) is 15.9 Å². The Bertz CT molecular complexity index is 733. The van der Waals surface area contributed by atoms with Crippen molar-refractivity contribution >= 4 is 21.7 Å². The molecule has 1 aliphatic carbocycles. The van der Waals surface area contributed by atoms with Gasteiger partial charge in [0, 0.05) is 21.8 Å². The molecule has 20 heavy (non-hydrogen) atoms. The van der Waals surface area contributed by atoms with Gasteiger partial charge in [0.2, 0.25) is 0 Å². The van der Waals surface area contributed by atoms with Crippen molar-refractivity contribution in [3.8, 4) is 0 Å². The molecule has 1 aromatic heterocycles. The summed E-state index contributed by atoms with van der Waals surface area (Å²) in [7, 11) is 0. The Kier molecular flexibility index (Phi) is 3.57. The molecule has 0 aliphatic heterocycles. The van der Waals surface area contributed by atoms with E-state index in [1.807, 2.05) is 18.2 Å². The number of pyridine rings is 1. The lowest BCUT2D eigenvalue weighted by molar-refractivity contribution is 0.0969. The van der Waals surface area contributed by atoms with Crippen molar-refractivity contribution < 1.29 is 4.79 Å². The van der Waals surface area contributed by atoms with Crippen LogP contribution in [0.1, 0.15) is 28.0 Å². The van der Waals surface area contributed by atoms with Crippen LogP contribution >= 0.6 is 15.9 Å². The van der Waals surface area contributed by atoms with E-state index < -0.39 is 0 Å². The van der Waals surface area contributed by atoms with Gasteiger partial charge in [0.25, 0.3) is 5.56 Å². The molecule has 0 bridgehead atoms. The lowest BCUT2D eigenvalue weighted by Crippen LogP contribution is -2.26. The van der Waals surface area contributed by atoms with E-state index in [0.29, 0.717) is 5.56 Å². The molecule has 1 heterocycles. The molecule has 102 valence electrons. The highest BCUT2D eigenvalue weighted by molar-refractivity contribution is 9.10. The highest BCUT2D eigenvalue weighted by Crippen LogP contribution is 2.20. The molecule has 0 N–H and O–H groups in total. The first-order valence-electron chi connectivity index (χ1n) is 6.65. The molecular weight excluding hydrogens is 318 g/mol. The van der Waals surface area contributed by atoms with E-state index in [-0.39, 0.29) is 17.9 Å². The second-order valence-electron chi connectivity index (χ2n) is 5.02. The molecule has 0 fully saturated rings. The summed E-state index contributed by atoms with van der Waals surface area (Å²) < 4.78 is 2.50. The van der Waals surface area contributed by atoms with Crippen molar-refractivity contribution in [2.45, 2.75) is 25.8 Å². The summed E-state index contributed by atoms with van der Waals surface area (Å²) in [6.45, 7) is 0.123. The number of hydrogen-bond acceptors (Lipinski definition) is 2. The Morgan fingerprint density at radius 2 is 2.05 bits per heavy atom. The lowest BCUT2D eigenvalue weighted by Gasteiger charge is -2.11. The van der Waals surface area contributed by atoms with E-state index in [0.717, 1.165) is 29.4 Å². The topological polar surface area (TPSA) is 39.1 Å².